The minimum Gasteiger partial charge on any atom is -0.504 e. The zero-order valence-electron chi connectivity index (χ0n) is 10.2. The van der Waals surface area contributed by atoms with Crippen molar-refractivity contribution in [2.24, 2.45) is 0 Å². The fourth-order valence-electron chi connectivity index (χ4n) is 1.59. The summed E-state index contributed by atoms with van der Waals surface area (Å²) in [6.45, 7) is 0. The van der Waals surface area contributed by atoms with E-state index >= 15 is 0 Å². The monoisotopic (exact) mass is 277 g/mol. The van der Waals surface area contributed by atoms with Crippen molar-refractivity contribution in [3.05, 3.63) is 53.1 Å². The third kappa shape index (κ3) is 3.17. The first-order valence-corrected chi connectivity index (χ1v) is 5.92. The molecule has 2 aromatic carbocycles. The number of benzene rings is 2. The first kappa shape index (κ1) is 13.2. The number of nitrogens with one attached hydrogen (secondary N) is 1. The molecule has 0 atom stereocenters. The highest BCUT2D eigenvalue weighted by atomic mass is 35.5. The number of rotatable bonds is 3. The molecule has 0 saturated heterocycles. The van der Waals surface area contributed by atoms with E-state index in [1.54, 1.807) is 24.3 Å². The second kappa shape index (κ2) is 5.63. The quantitative estimate of drug-likeness (QED) is 0.905. The van der Waals surface area contributed by atoms with E-state index in [9.17, 15) is 9.90 Å². The lowest BCUT2D eigenvalue weighted by molar-refractivity contribution is 0.102. The van der Waals surface area contributed by atoms with Crippen LogP contribution < -0.4 is 10.1 Å². The third-order valence-electron chi connectivity index (χ3n) is 2.52. The van der Waals surface area contributed by atoms with Crippen LogP contribution in [0.4, 0.5) is 5.69 Å². The van der Waals surface area contributed by atoms with Gasteiger partial charge < -0.3 is 15.2 Å². The van der Waals surface area contributed by atoms with Gasteiger partial charge in [-0.2, -0.15) is 0 Å². The highest BCUT2D eigenvalue weighted by Crippen LogP contribution is 2.26. The second-order valence-corrected chi connectivity index (χ2v) is 4.29. The maximum absolute atomic E-state index is 12.0. The smallest absolute Gasteiger partial charge is 0.255 e. The van der Waals surface area contributed by atoms with Gasteiger partial charge in [-0.3, -0.25) is 4.79 Å². The lowest BCUT2D eigenvalue weighted by Gasteiger charge is -2.08. The van der Waals surface area contributed by atoms with Crippen molar-refractivity contribution >= 4 is 23.2 Å². The van der Waals surface area contributed by atoms with Crippen LogP contribution in [-0.4, -0.2) is 18.1 Å². The van der Waals surface area contributed by atoms with E-state index in [1.807, 2.05) is 0 Å². The minimum absolute atomic E-state index is 0.0122. The summed E-state index contributed by atoms with van der Waals surface area (Å²) in [6.07, 6.45) is 0. The van der Waals surface area contributed by atoms with Crippen molar-refractivity contribution in [2.45, 2.75) is 0 Å². The molecule has 0 radical (unpaired) electrons. The number of phenols is 1. The standard InChI is InChI=1S/C14H12ClNO3/c1-19-13-7-9(5-6-12(13)17)14(18)16-11-4-2-3-10(15)8-11/h2-8,17H,1H3,(H,16,18). The summed E-state index contributed by atoms with van der Waals surface area (Å²) in [7, 11) is 1.42. The zero-order valence-corrected chi connectivity index (χ0v) is 10.9. The van der Waals surface area contributed by atoms with Gasteiger partial charge in [0, 0.05) is 16.3 Å². The molecule has 19 heavy (non-hydrogen) atoms. The number of halogens is 1. The Kier molecular flexibility index (Phi) is 3.92. The molecule has 0 aliphatic heterocycles. The van der Waals surface area contributed by atoms with Crippen LogP contribution in [0.2, 0.25) is 5.02 Å². The number of carbonyl (C=O) groups excluding carboxylic acids is 1. The first-order chi connectivity index (χ1) is 9.10. The fraction of sp³-hybridized carbons (Fsp3) is 0.0714. The topological polar surface area (TPSA) is 58.6 Å². The Morgan fingerprint density at radius 2 is 2.05 bits per heavy atom. The number of carbonyl (C=O) groups is 1. The van der Waals surface area contributed by atoms with E-state index in [4.69, 9.17) is 16.3 Å². The van der Waals surface area contributed by atoms with Gasteiger partial charge in [0.2, 0.25) is 0 Å². The van der Waals surface area contributed by atoms with Crippen LogP contribution in [0.1, 0.15) is 10.4 Å². The maximum atomic E-state index is 12.0. The molecule has 0 aromatic heterocycles. The van der Waals surface area contributed by atoms with Gasteiger partial charge >= 0.3 is 0 Å². The molecule has 5 heteroatoms. The van der Waals surface area contributed by atoms with Gasteiger partial charge in [0.1, 0.15) is 0 Å². The summed E-state index contributed by atoms with van der Waals surface area (Å²) in [5, 5.41) is 12.7. The Morgan fingerprint density at radius 3 is 2.74 bits per heavy atom. The van der Waals surface area contributed by atoms with Gasteiger partial charge in [-0.05, 0) is 36.4 Å². The zero-order chi connectivity index (χ0) is 13.8. The number of aromatic hydroxyl groups is 1. The van der Waals surface area contributed by atoms with E-state index in [-0.39, 0.29) is 17.4 Å². The molecule has 0 aliphatic rings. The minimum atomic E-state index is -0.305. The predicted octanol–water partition coefficient (Wildman–Crippen LogP) is 3.31. The largest absolute Gasteiger partial charge is 0.504 e. The van der Waals surface area contributed by atoms with Crippen molar-refractivity contribution in [1.29, 1.82) is 0 Å². The molecule has 2 N–H and O–H groups in total. The lowest BCUT2D eigenvalue weighted by Crippen LogP contribution is -2.11. The molecule has 0 bridgehead atoms. The number of anilines is 1. The summed E-state index contributed by atoms with van der Waals surface area (Å²) in [6, 6.07) is 11.2. The molecule has 1 amide bonds. The Labute approximate surface area is 115 Å². The molecule has 0 fully saturated rings. The number of hydrogen-bond donors (Lipinski definition) is 2. The average molecular weight is 278 g/mol. The summed E-state index contributed by atoms with van der Waals surface area (Å²) >= 11 is 5.84. The normalized spacial score (nSPS) is 10.0. The molecule has 2 rings (SSSR count). The van der Waals surface area contributed by atoms with E-state index in [0.29, 0.717) is 16.3 Å². The summed E-state index contributed by atoms with van der Waals surface area (Å²) in [5.41, 5.74) is 0.985. The van der Waals surface area contributed by atoms with E-state index < -0.39 is 0 Å². The molecule has 0 spiro atoms. The van der Waals surface area contributed by atoms with Crippen LogP contribution in [0, 0.1) is 0 Å². The molecule has 0 heterocycles. The fourth-order valence-corrected chi connectivity index (χ4v) is 1.78. The average Bonchev–Trinajstić information content (AvgIpc) is 2.39. The van der Waals surface area contributed by atoms with Crippen molar-refractivity contribution in [1.82, 2.24) is 0 Å². The van der Waals surface area contributed by atoms with Crippen LogP contribution in [0.3, 0.4) is 0 Å². The summed E-state index contributed by atoms with van der Waals surface area (Å²) in [4.78, 5) is 12.0. The maximum Gasteiger partial charge on any atom is 0.255 e. The molecule has 98 valence electrons. The Hall–Kier alpha value is -2.20. The van der Waals surface area contributed by atoms with Gasteiger partial charge in [-0.1, -0.05) is 17.7 Å². The van der Waals surface area contributed by atoms with Gasteiger partial charge in [-0.15, -0.1) is 0 Å². The van der Waals surface area contributed by atoms with Crippen LogP contribution >= 0.6 is 11.6 Å². The summed E-state index contributed by atoms with van der Waals surface area (Å²) in [5.74, 6) is -0.0684. The van der Waals surface area contributed by atoms with Gasteiger partial charge in [0.25, 0.3) is 5.91 Å². The number of phenolic OH excluding ortho intramolecular Hbond substituents is 1. The van der Waals surface area contributed by atoms with Crippen molar-refractivity contribution in [3.63, 3.8) is 0 Å². The SMILES string of the molecule is COc1cc(C(=O)Nc2cccc(Cl)c2)ccc1O. The highest BCUT2D eigenvalue weighted by Gasteiger charge is 2.10. The van der Waals surface area contributed by atoms with Gasteiger partial charge in [0.15, 0.2) is 11.5 Å². The lowest BCUT2D eigenvalue weighted by atomic mass is 10.2. The predicted molar refractivity (Wildman–Crippen MR) is 74.1 cm³/mol. The Bertz CT molecular complexity index is 613. The number of hydrogen-bond acceptors (Lipinski definition) is 3. The number of methoxy groups -OCH3 is 1. The molecule has 0 aliphatic carbocycles. The van der Waals surface area contributed by atoms with E-state index in [2.05, 4.69) is 5.32 Å². The van der Waals surface area contributed by atoms with Gasteiger partial charge in [-0.25, -0.2) is 0 Å². The van der Waals surface area contributed by atoms with Gasteiger partial charge in [0.05, 0.1) is 7.11 Å². The van der Waals surface area contributed by atoms with Crippen LogP contribution in [0.25, 0.3) is 0 Å². The van der Waals surface area contributed by atoms with Crippen molar-refractivity contribution < 1.29 is 14.6 Å². The Balaban J connectivity index is 2.20. The second-order valence-electron chi connectivity index (χ2n) is 3.85. The van der Waals surface area contributed by atoms with E-state index in [1.165, 1.54) is 25.3 Å². The van der Waals surface area contributed by atoms with Crippen LogP contribution in [0.5, 0.6) is 11.5 Å². The van der Waals surface area contributed by atoms with Crippen LogP contribution in [0.15, 0.2) is 42.5 Å². The van der Waals surface area contributed by atoms with Crippen LogP contribution in [-0.2, 0) is 0 Å². The first-order valence-electron chi connectivity index (χ1n) is 5.54. The molecule has 0 unspecified atom stereocenters. The number of amides is 1. The summed E-state index contributed by atoms with van der Waals surface area (Å²) < 4.78 is 4.95. The van der Waals surface area contributed by atoms with E-state index in [0.717, 1.165) is 0 Å². The molecular formula is C14H12ClNO3. The molecule has 4 nitrogen and oxygen atoms in total. The van der Waals surface area contributed by atoms with Crippen molar-refractivity contribution in [3.8, 4) is 11.5 Å². The molecular weight excluding hydrogens is 266 g/mol. The Morgan fingerprint density at radius 1 is 1.26 bits per heavy atom. The molecule has 0 saturated carbocycles. The number of ether oxygens (including phenoxy) is 1. The highest BCUT2D eigenvalue weighted by molar-refractivity contribution is 6.30. The molecule has 2 aromatic rings. The third-order valence-corrected chi connectivity index (χ3v) is 2.76. The van der Waals surface area contributed by atoms with Crippen molar-refractivity contribution in [2.75, 3.05) is 12.4 Å².